The minimum Gasteiger partial charge on any atom is -0.494 e. The molecule has 1 saturated heterocycles. The highest BCUT2D eigenvalue weighted by molar-refractivity contribution is 5.92. The van der Waals surface area contributed by atoms with E-state index in [0.29, 0.717) is 13.2 Å². The Morgan fingerprint density at radius 2 is 1.91 bits per heavy atom. The van der Waals surface area contributed by atoms with Crippen LogP contribution in [0.5, 0.6) is 5.75 Å². The molecule has 0 saturated carbocycles. The van der Waals surface area contributed by atoms with E-state index in [4.69, 9.17) is 10.5 Å². The maximum atomic E-state index is 12.0. The quantitative estimate of drug-likeness (QED) is 0.827. The predicted octanol–water partition coefficient (Wildman–Crippen LogP) is 1.22. The van der Waals surface area contributed by atoms with Crippen LogP contribution in [0, 0.1) is 5.92 Å². The second-order valence-electron chi connectivity index (χ2n) is 5.46. The number of benzene rings is 1. The fourth-order valence-corrected chi connectivity index (χ4v) is 2.58. The molecule has 0 radical (unpaired) electrons. The van der Waals surface area contributed by atoms with Crippen molar-refractivity contribution < 1.29 is 14.3 Å². The van der Waals surface area contributed by atoms with E-state index in [9.17, 15) is 9.59 Å². The number of hydrogen-bond donors (Lipinski definition) is 2. The summed E-state index contributed by atoms with van der Waals surface area (Å²) in [5.41, 5.74) is 6.05. The number of likely N-dealkylation sites (tertiary alicyclic amines) is 1. The van der Waals surface area contributed by atoms with Gasteiger partial charge >= 0.3 is 0 Å². The van der Waals surface area contributed by atoms with Crippen LogP contribution in [0.25, 0.3) is 0 Å². The highest BCUT2D eigenvalue weighted by Gasteiger charge is 2.24. The van der Waals surface area contributed by atoms with Gasteiger partial charge in [-0.1, -0.05) is 0 Å². The van der Waals surface area contributed by atoms with Crippen molar-refractivity contribution in [1.29, 1.82) is 0 Å². The summed E-state index contributed by atoms with van der Waals surface area (Å²) in [5, 5.41) is 2.86. The Morgan fingerprint density at radius 3 is 2.45 bits per heavy atom. The van der Waals surface area contributed by atoms with E-state index in [1.807, 2.05) is 36.1 Å². The molecule has 1 aliphatic heterocycles. The predicted molar refractivity (Wildman–Crippen MR) is 84.6 cm³/mol. The molecule has 0 bridgehead atoms. The van der Waals surface area contributed by atoms with Crippen LogP contribution in [-0.2, 0) is 9.59 Å². The third kappa shape index (κ3) is 4.73. The van der Waals surface area contributed by atoms with E-state index in [0.717, 1.165) is 37.4 Å². The van der Waals surface area contributed by atoms with Gasteiger partial charge in [0.15, 0.2) is 0 Å². The third-order valence-corrected chi connectivity index (χ3v) is 3.81. The fourth-order valence-electron chi connectivity index (χ4n) is 2.58. The smallest absolute Gasteiger partial charge is 0.238 e. The first kappa shape index (κ1) is 16.3. The molecule has 1 fully saturated rings. The van der Waals surface area contributed by atoms with E-state index in [2.05, 4.69) is 5.32 Å². The van der Waals surface area contributed by atoms with Crippen molar-refractivity contribution in [2.24, 2.45) is 11.7 Å². The topological polar surface area (TPSA) is 84.7 Å². The lowest BCUT2D eigenvalue weighted by Crippen LogP contribution is -2.42. The van der Waals surface area contributed by atoms with Crippen molar-refractivity contribution >= 4 is 17.5 Å². The number of piperidine rings is 1. The first-order valence-electron chi connectivity index (χ1n) is 7.63. The van der Waals surface area contributed by atoms with Gasteiger partial charge in [-0.05, 0) is 57.1 Å². The maximum Gasteiger partial charge on any atom is 0.238 e. The number of nitrogens with two attached hydrogens (primary N) is 1. The Bertz CT molecular complexity index is 508. The molecule has 0 spiro atoms. The molecule has 3 N–H and O–H groups in total. The number of primary amides is 1. The molecule has 0 unspecified atom stereocenters. The number of carbonyl (C=O) groups excluding carboxylic acids is 2. The Balaban J connectivity index is 1.77. The van der Waals surface area contributed by atoms with Crippen molar-refractivity contribution in [2.75, 3.05) is 31.6 Å². The zero-order valence-corrected chi connectivity index (χ0v) is 12.9. The summed E-state index contributed by atoms with van der Waals surface area (Å²) >= 11 is 0. The summed E-state index contributed by atoms with van der Waals surface area (Å²) in [6.07, 6.45) is 1.46. The van der Waals surface area contributed by atoms with E-state index in [-0.39, 0.29) is 17.7 Å². The molecule has 1 aromatic carbocycles. The second kappa shape index (κ2) is 7.79. The Morgan fingerprint density at radius 1 is 1.27 bits per heavy atom. The standard InChI is InChI=1S/C16H23N3O3/c1-2-22-14-5-3-13(4-6-14)18-15(20)11-19-9-7-12(8-10-19)16(17)21/h3-6,12H,2,7-11H2,1H3,(H2,17,21)(H,18,20). The van der Waals surface area contributed by atoms with Crippen molar-refractivity contribution in [3.8, 4) is 5.75 Å². The molecule has 6 heteroatoms. The Labute approximate surface area is 130 Å². The fraction of sp³-hybridized carbons (Fsp3) is 0.500. The minimum atomic E-state index is -0.238. The summed E-state index contributed by atoms with van der Waals surface area (Å²) < 4.78 is 5.36. The van der Waals surface area contributed by atoms with Crippen molar-refractivity contribution in [2.45, 2.75) is 19.8 Å². The first-order valence-corrected chi connectivity index (χ1v) is 7.63. The van der Waals surface area contributed by atoms with Gasteiger partial charge in [0.1, 0.15) is 5.75 Å². The number of carbonyl (C=O) groups is 2. The van der Waals surface area contributed by atoms with Crippen LogP contribution in [0.15, 0.2) is 24.3 Å². The molecule has 2 amide bonds. The largest absolute Gasteiger partial charge is 0.494 e. The average molecular weight is 305 g/mol. The zero-order valence-electron chi connectivity index (χ0n) is 12.9. The van der Waals surface area contributed by atoms with Gasteiger partial charge in [-0.2, -0.15) is 0 Å². The van der Waals surface area contributed by atoms with Crippen molar-refractivity contribution in [1.82, 2.24) is 4.90 Å². The van der Waals surface area contributed by atoms with Gasteiger partial charge < -0.3 is 15.8 Å². The highest BCUT2D eigenvalue weighted by atomic mass is 16.5. The van der Waals surface area contributed by atoms with Gasteiger partial charge in [-0.3, -0.25) is 14.5 Å². The summed E-state index contributed by atoms with van der Waals surface area (Å²) in [5.74, 6) is 0.444. The summed E-state index contributed by atoms with van der Waals surface area (Å²) in [6.45, 7) is 4.33. The lowest BCUT2D eigenvalue weighted by molar-refractivity contribution is -0.123. The lowest BCUT2D eigenvalue weighted by atomic mass is 9.96. The number of nitrogens with one attached hydrogen (secondary N) is 1. The monoisotopic (exact) mass is 305 g/mol. The van der Waals surface area contributed by atoms with Crippen molar-refractivity contribution in [3.05, 3.63) is 24.3 Å². The summed E-state index contributed by atoms with van der Waals surface area (Å²) in [4.78, 5) is 25.2. The number of amides is 2. The van der Waals surface area contributed by atoms with Crippen LogP contribution in [-0.4, -0.2) is 43.0 Å². The maximum absolute atomic E-state index is 12.0. The number of nitrogens with zero attached hydrogens (tertiary/aromatic N) is 1. The molecular formula is C16H23N3O3. The van der Waals surface area contributed by atoms with E-state index in [1.165, 1.54) is 0 Å². The van der Waals surface area contributed by atoms with E-state index < -0.39 is 0 Å². The van der Waals surface area contributed by atoms with Gasteiger partial charge in [0.25, 0.3) is 0 Å². The van der Waals surface area contributed by atoms with Crippen LogP contribution in [0.4, 0.5) is 5.69 Å². The van der Waals surface area contributed by atoms with Gasteiger partial charge in [0.05, 0.1) is 13.2 Å². The molecule has 0 aromatic heterocycles. The molecular weight excluding hydrogens is 282 g/mol. The second-order valence-corrected chi connectivity index (χ2v) is 5.46. The number of hydrogen-bond acceptors (Lipinski definition) is 4. The molecule has 0 aliphatic carbocycles. The Hall–Kier alpha value is -2.08. The normalized spacial score (nSPS) is 16.2. The van der Waals surface area contributed by atoms with Crippen LogP contribution >= 0.6 is 0 Å². The highest BCUT2D eigenvalue weighted by Crippen LogP contribution is 2.17. The number of anilines is 1. The molecule has 0 atom stereocenters. The van der Waals surface area contributed by atoms with Crippen molar-refractivity contribution in [3.63, 3.8) is 0 Å². The molecule has 2 rings (SSSR count). The lowest BCUT2D eigenvalue weighted by Gasteiger charge is -2.29. The number of rotatable bonds is 6. The van der Waals surface area contributed by atoms with Crippen LogP contribution < -0.4 is 15.8 Å². The van der Waals surface area contributed by atoms with Gasteiger partial charge in [-0.15, -0.1) is 0 Å². The summed E-state index contributed by atoms with van der Waals surface area (Å²) in [7, 11) is 0. The minimum absolute atomic E-state index is 0.0505. The molecule has 120 valence electrons. The van der Waals surface area contributed by atoms with E-state index >= 15 is 0 Å². The molecule has 1 heterocycles. The Kier molecular flexibility index (Phi) is 5.77. The molecule has 1 aromatic rings. The van der Waals surface area contributed by atoms with E-state index in [1.54, 1.807) is 0 Å². The average Bonchev–Trinajstić information content (AvgIpc) is 2.50. The SMILES string of the molecule is CCOc1ccc(NC(=O)CN2CCC(C(N)=O)CC2)cc1. The third-order valence-electron chi connectivity index (χ3n) is 3.81. The number of ether oxygens (including phenoxy) is 1. The van der Waals surface area contributed by atoms with Crippen LogP contribution in [0.2, 0.25) is 0 Å². The van der Waals surface area contributed by atoms with Crippen LogP contribution in [0.1, 0.15) is 19.8 Å². The molecule has 1 aliphatic rings. The van der Waals surface area contributed by atoms with Crippen LogP contribution in [0.3, 0.4) is 0 Å². The molecule has 22 heavy (non-hydrogen) atoms. The summed E-state index contributed by atoms with van der Waals surface area (Å²) in [6, 6.07) is 7.30. The van der Waals surface area contributed by atoms with Gasteiger partial charge in [0.2, 0.25) is 11.8 Å². The zero-order chi connectivity index (χ0) is 15.9. The first-order chi connectivity index (χ1) is 10.6. The van der Waals surface area contributed by atoms with Gasteiger partial charge in [-0.25, -0.2) is 0 Å². The van der Waals surface area contributed by atoms with Gasteiger partial charge in [0, 0.05) is 11.6 Å². The molecule has 6 nitrogen and oxygen atoms in total.